The Hall–Kier alpha value is -0.520. The molecule has 0 N–H and O–H groups in total. The molecule has 0 aromatic carbocycles. The third-order valence-corrected chi connectivity index (χ3v) is 1.68. The lowest BCUT2D eigenvalue weighted by molar-refractivity contribution is 0.700. The maximum absolute atomic E-state index is 3.63. The van der Waals surface area contributed by atoms with Crippen molar-refractivity contribution in [2.24, 2.45) is 5.92 Å². The molecule has 0 rings (SSSR count). The second-order valence-electron chi connectivity index (χ2n) is 2.91. The zero-order valence-corrected chi connectivity index (χ0v) is 9.14. The highest BCUT2D eigenvalue weighted by Gasteiger charge is 1.84. The minimum Gasteiger partial charge on any atom is -0.103 e. The molecule has 0 heterocycles. The van der Waals surface area contributed by atoms with Crippen LogP contribution in [0.4, 0.5) is 0 Å². The summed E-state index contributed by atoms with van der Waals surface area (Å²) in [6, 6.07) is 0. The molecule has 0 aliphatic heterocycles. The van der Waals surface area contributed by atoms with Crippen LogP contribution in [0.5, 0.6) is 0 Å². The van der Waals surface area contributed by atoms with Gasteiger partial charge in [0.25, 0.3) is 0 Å². The minimum atomic E-state index is 0. The third kappa shape index (κ3) is 50.0. The highest BCUT2D eigenvalue weighted by atomic mass is 13.9. The standard InChI is InChI=1S/2C6H12.4CH4/c1-4-6(3)5-2;1-3-5-6-4-2;;;;/h4,6H,1,5H2,2-3H3;5-6H,3-4H2,1-2H3;4*1H4. The van der Waals surface area contributed by atoms with Crippen molar-refractivity contribution in [2.75, 3.05) is 0 Å². The van der Waals surface area contributed by atoms with Gasteiger partial charge in [-0.05, 0) is 18.8 Å². The van der Waals surface area contributed by atoms with E-state index in [1.54, 1.807) is 0 Å². The minimum absolute atomic E-state index is 0. The summed E-state index contributed by atoms with van der Waals surface area (Å²) < 4.78 is 0. The quantitative estimate of drug-likeness (QED) is 0.452. The van der Waals surface area contributed by atoms with Crippen LogP contribution < -0.4 is 0 Å². The first-order valence-electron chi connectivity index (χ1n) is 5.00. The van der Waals surface area contributed by atoms with E-state index in [1.165, 1.54) is 19.3 Å². The van der Waals surface area contributed by atoms with E-state index in [0.29, 0.717) is 5.92 Å². The van der Waals surface area contributed by atoms with Crippen LogP contribution in [0.1, 0.15) is 76.7 Å². The lowest BCUT2D eigenvalue weighted by Gasteiger charge is -1.93. The summed E-state index contributed by atoms with van der Waals surface area (Å²) in [7, 11) is 0. The van der Waals surface area contributed by atoms with Crippen LogP contribution in [-0.4, -0.2) is 0 Å². The van der Waals surface area contributed by atoms with Crippen molar-refractivity contribution in [1.29, 1.82) is 0 Å². The van der Waals surface area contributed by atoms with Crippen molar-refractivity contribution < 1.29 is 0 Å². The molecule has 1 atom stereocenters. The second-order valence-corrected chi connectivity index (χ2v) is 2.91. The molecule has 104 valence electrons. The highest BCUT2D eigenvalue weighted by Crippen LogP contribution is 1.98. The Balaban J connectivity index is -0.0000000250. The van der Waals surface area contributed by atoms with Gasteiger partial charge in [0.05, 0.1) is 0 Å². The molecule has 0 nitrogen and oxygen atoms in total. The molecule has 0 aromatic heterocycles. The highest BCUT2D eigenvalue weighted by molar-refractivity contribution is 4.77. The van der Waals surface area contributed by atoms with Gasteiger partial charge in [-0.1, -0.05) is 82.1 Å². The summed E-state index contributed by atoms with van der Waals surface area (Å²) in [5, 5.41) is 0. The van der Waals surface area contributed by atoms with Crippen molar-refractivity contribution in [3.05, 3.63) is 24.8 Å². The zero-order valence-electron chi connectivity index (χ0n) is 9.14. The smallest absolute Gasteiger partial charge is 0.0267 e. The summed E-state index contributed by atoms with van der Waals surface area (Å²) in [6.45, 7) is 12.2. The molecule has 0 heteroatoms. The van der Waals surface area contributed by atoms with E-state index in [2.05, 4.69) is 46.4 Å². The molecule has 0 saturated carbocycles. The summed E-state index contributed by atoms with van der Waals surface area (Å²) >= 11 is 0. The lowest BCUT2D eigenvalue weighted by atomic mass is 10.1. The normalized spacial score (nSPS) is 9.00. The van der Waals surface area contributed by atoms with Gasteiger partial charge in [-0.3, -0.25) is 0 Å². The van der Waals surface area contributed by atoms with E-state index in [9.17, 15) is 0 Å². The molecule has 0 bridgehead atoms. The zero-order chi connectivity index (χ0) is 9.82. The van der Waals surface area contributed by atoms with Crippen LogP contribution in [0.15, 0.2) is 24.8 Å². The molecule has 1 unspecified atom stereocenters. The van der Waals surface area contributed by atoms with Crippen molar-refractivity contribution in [2.45, 2.75) is 76.7 Å². The molecule has 0 spiro atoms. The fourth-order valence-electron chi connectivity index (χ4n) is 0.500. The Kier molecular flexibility index (Phi) is 82.6. The number of rotatable bonds is 4. The molecule has 0 aromatic rings. The van der Waals surface area contributed by atoms with Gasteiger partial charge in [-0.2, -0.15) is 0 Å². The topological polar surface area (TPSA) is 0 Å². The SMILES string of the molecule is C.C.C.C.C=CC(C)CC.CCC=CCC. The van der Waals surface area contributed by atoms with Gasteiger partial charge in [-0.15, -0.1) is 6.58 Å². The number of hydrogen-bond acceptors (Lipinski definition) is 0. The molecule has 0 saturated heterocycles. The Morgan fingerprint density at radius 2 is 1.19 bits per heavy atom. The average molecular weight is 232 g/mol. The van der Waals surface area contributed by atoms with E-state index in [4.69, 9.17) is 0 Å². The van der Waals surface area contributed by atoms with E-state index in [1.807, 2.05) is 6.08 Å². The lowest BCUT2D eigenvalue weighted by Crippen LogP contribution is -1.80. The average Bonchev–Trinajstić information content (AvgIpc) is 2.14. The van der Waals surface area contributed by atoms with Crippen LogP contribution in [0, 0.1) is 5.92 Å². The molecule has 16 heavy (non-hydrogen) atoms. The van der Waals surface area contributed by atoms with Crippen molar-refractivity contribution in [3.63, 3.8) is 0 Å². The van der Waals surface area contributed by atoms with Gasteiger partial charge in [0.15, 0.2) is 0 Å². The maximum atomic E-state index is 3.63. The Labute approximate surface area is 108 Å². The van der Waals surface area contributed by atoms with Gasteiger partial charge >= 0.3 is 0 Å². The van der Waals surface area contributed by atoms with Gasteiger partial charge < -0.3 is 0 Å². The first-order valence-corrected chi connectivity index (χ1v) is 5.00. The van der Waals surface area contributed by atoms with E-state index < -0.39 is 0 Å². The summed E-state index contributed by atoms with van der Waals surface area (Å²) in [5.41, 5.74) is 0. The molecule has 0 aliphatic carbocycles. The van der Waals surface area contributed by atoms with Crippen LogP contribution in [0.2, 0.25) is 0 Å². The van der Waals surface area contributed by atoms with Crippen LogP contribution >= 0.6 is 0 Å². The summed E-state index contributed by atoms with van der Waals surface area (Å²) in [4.78, 5) is 0. The van der Waals surface area contributed by atoms with Gasteiger partial charge in [0.1, 0.15) is 0 Å². The van der Waals surface area contributed by atoms with Crippen LogP contribution in [-0.2, 0) is 0 Å². The molecule has 0 radical (unpaired) electrons. The van der Waals surface area contributed by atoms with Crippen LogP contribution in [0.3, 0.4) is 0 Å². The molecule has 0 amide bonds. The second kappa shape index (κ2) is 36.6. The molecular weight excluding hydrogens is 192 g/mol. The largest absolute Gasteiger partial charge is 0.103 e. The van der Waals surface area contributed by atoms with E-state index >= 15 is 0 Å². The monoisotopic (exact) mass is 232 g/mol. The van der Waals surface area contributed by atoms with Crippen LogP contribution in [0.25, 0.3) is 0 Å². The van der Waals surface area contributed by atoms with E-state index in [-0.39, 0.29) is 29.7 Å². The fraction of sp³-hybridized carbons (Fsp3) is 0.750. The Morgan fingerprint density at radius 1 is 0.875 bits per heavy atom. The Morgan fingerprint density at radius 3 is 1.25 bits per heavy atom. The fourth-order valence-corrected chi connectivity index (χ4v) is 0.500. The third-order valence-electron chi connectivity index (χ3n) is 1.68. The first kappa shape index (κ1) is 36.1. The van der Waals surface area contributed by atoms with E-state index in [0.717, 1.165) is 0 Å². The van der Waals surface area contributed by atoms with Gasteiger partial charge in [0, 0.05) is 0 Å². The first-order chi connectivity index (χ1) is 5.72. The summed E-state index contributed by atoms with van der Waals surface area (Å²) in [6.07, 6.45) is 9.89. The van der Waals surface area contributed by atoms with Gasteiger partial charge in [-0.25, -0.2) is 0 Å². The molecular formula is C16H40. The predicted octanol–water partition coefficient (Wildman–Crippen LogP) is 7.13. The predicted molar refractivity (Wildman–Crippen MR) is 86.3 cm³/mol. The number of allylic oxidation sites excluding steroid dienone is 3. The Bertz CT molecular complexity index is 94.6. The van der Waals surface area contributed by atoms with Gasteiger partial charge in [0.2, 0.25) is 0 Å². The molecule has 0 aliphatic rings. The summed E-state index contributed by atoms with van der Waals surface area (Å²) in [5.74, 6) is 0.699. The van der Waals surface area contributed by atoms with Crippen molar-refractivity contribution in [1.82, 2.24) is 0 Å². The number of hydrogen-bond donors (Lipinski definition) is 0. The molecule has 0 fully saturated rings. The van der Waals surface area contributed by atoms with Crippen molar-refractivity contribution in [3.8, 4) is 0 Å². The van der Waals surface area contributed by atoms with Crippen molar-refractivity contribution >= 4 is 0 Å². The maximum Gasteiger partial charge on any atom is -0.0267 e.